The topological polar surface area (TPSA) is 12.5 Å². The molecule has 14 fully saturated rings. The molecule has 18 rings (SSSR count). The third kappa shape index (κ3) is 2.63. The summed E-state index contributed by atoms with van der Waals surface area (Å²) >= 11 is 0. The molecule has 1 saturated heterocycles. The molecule has 0 radical (unpaired) electrons. The van der Waals surface area contributed by atoms with Crippen LogP contribution in [-0.2, 0) is 4.74 Å². The first kappa shape index (κ1) is 29.8. The van der Waals surface area contributed by atoms with Gasteiger partial charge in [-0.15, -0.1) is 0 Å². The van der Waals surface area contributed by atoms with Gasteiger partial charge in [-0.3, -0.25) is 4.90 Å². The molecule has 1 spiro atoms. The van der Waals surface area contributed by atoms with E-state index in [-0.39, 0.29) is 0 Å². The largest absolute Gasteiger partial charge is 0.366 e. The van der Waals surface area contributed by atoms with E-state index in [4.69, 9.17) is 4.74 Å². The van der Waals surface area contributed by atoms with Gasteiger partial charge in [-0.05, 0) is 206 Å². The Morgan fingerprint density at radius 1 is 0.630 bits per heavy atom. The van der Waals surface area contributed by atoms with Crippen molar-refractivity contribution in [1.82, 2.24) is 4.90 Å². The van der Waals surface area contributed by atoms with Crippen LogP contribution in [0.5, 0.6) is 0 Å². The van der Waals surface area contributed by atoms with Gasteiger partial charge in [0.15, 0.2) is 0 Å². The maximum absolute atomic E-state index is 6.52. The lowest BCUT2D eigenvalue weighted by atomic mass is 9.41. The van der Waals surface area contributed by atoms with Gasteiger partial charge in [0.25, 0.3) is 0 Å². The molecule has 28 unspecified atom stereocenters. The molecule has 0 bridgehead atoms. The predicted molar refractivity (Wildman–Crippen MR) is 208 cm³/mol. The zero-order valence-corrected chi connectivity index (χ0v) is 33.1. The summed E-state index contributed by atoms with van der Waals surface area (Å²) in [6.07, 6.45) is 12.9. The second kappa shape index (κ2) is 9.09. The second-order valence-corrected chi connectivity index (χ2v) is 24.0. The molecule has 1 aromatic carbocycles. The molecule has 54 heavy (non-hydrogen) atoms. The van der Waals surface area contributed by atoms with Crippen molar-refractivity contribution in [2.75, 3.05) is 19.9 Å². The molecule has 28 atom stereocenters. The third-order valence-electron chi connectivity index (χ3n) is 24.5. The summed E-state index contributed by atoms with van der Waals surface area (Å²) in [6, 6.07) is 12.8. The molecule has 2 nitrogen and oxygen atoms in total. The number of hydrogen-bond acceptors (Lipinski definition) is 2. The van der Waals surface area contributed by atoms with E-state index in [2.05, 4.69) is 64.4 Å². The first-order valence-electron chi connectivity index (χ1n) is 24.6. The number of likely N-dealkylation sites (tertiary alicyclic amines) is 1. The molecule has 282 valence electrons. The molecule has 1 aliphatic heterocycles. The van der Waals surface area contributed by atoms with E-state index in [9.17, 15) is 0 Å². The number of hydrogen-bond donors (Lipinski definition) is 0. The van der Waals surface area contributed by atoms with Gasteiger partial charge >= 0.3 is 0 Å². The van der Waals surface area contributed by atoms with E-state index >= 15 is 0 Å². The molecular weight excluding hydrogens is 655 g/mol. The second-order valence-electron chi connectivity index (χ2n) is 24.0. The minimum atomic E-state index is 0.431. The number of allylic oxidation sites excluding steroid dienone is 3. The normalized spacial score (nSPS) is 67.1. The lowest BCUT2D eigenvalue weighted by Crippen LogP contribution is -2.59. The van der Waals surface area contributed by atoms with Gasteiger partial charge in [-0.25, -0.2) is 0 Å². The van der Waals surface area contributed by atoms with Crippen LogP contribution in [0.2, 0.25) is 0 Å². The molecule has 0 amide bonds. The van der Waals surface area contributed by atoms with Crippen LogP contribution in [0.15, 0.2) is 52.6 Å². The number of benzene rings is 1. The van der Waals surface area contributed by atoms with E-state index in [1.807, 2.05) is 13.8 Å². The van der Waals surface area contributed by atoms with E-state index in [1.165, 1.54) is 54.9 Å². The zero-order valence-electron chi connectivity index (χ0n) is 33.1. The van der Waals surface area contributed by atoms with Gasteiger partial charge in [0.2, 0.25) is 0 Å². The maximum atomic E-state index is 6.52. The minimum Gasteiger partial charge on any atom is -0.366 e. The highest BCUT2D eigenvalue weighted by Gasteiger charge is 2.88. The summed E-state index contributed by atoms with van der Waals surface area (Å²) in [4.78, 5) is 2.97. The smallest absolute Gasteiger partial charge is 0.0995 e. The summed E-state index contributed by atoms with van der Waals surface area (Å²) in [5.74, 6) is 28.3. The van der Waals surface area contributed by atoms with Crippen molar-refractivity contribution in [2.24, 2.45) is 159 Å². The van der Waals surface area contributed by atoms with Crippen molar-refractivity contribution in [3.8, 4) is 0 Å². The van der Waals surface area contributed by atoms with Crippen molar-refractivity contribution in [1.29, 1.82) is 0 Å². The summed E-state index contributed by atoms with van der Waals surface area (Å²) in [7, 11) is 0. The SMILES string of the molecule is CC.CCOCN1CC2C3=C4C5C6=C(C3)CC3CC7CC8CC9CC%10CC%11CC2(C2C4C4C5C5C(C63)C7C3C8C9C6C%10C(C4C6C35)C%112)C1c1ccccc1. The van der Waals surface area contributed by atoms with Crippen LogP contribution in [0.25, 0.3) is 0 Å². The fraction of sp³-hybridized carbons (Fsp3) is 0.808. The van der Waals surface area contributed by atoms with Gasteiger partial charge in [-0.1, -0.05) is 66.5 Å². The Bertz CT molecular complexity index is 2010. The molecule has 13 saturated carbocycles. The standard InChI is InChI=1S/C50H57NO.C2H6/c1-2-52-17-51-16-27-26-14-24-12-21-10-22-9-19-8-20-11-23-13-25-15-50(27,49(51)18-6-4-3-5-7-18)48-34(25)39-33(23)38-29(20)28(19)36-32(22)37-30(21)31(24)40-35(26)47(48)46-44(39)42(38)41(36)43(37)45(40)46;1-2/h3-7,19-23,25,27-30,32-34,36-49H,2,8-17H2,1H3;1-2H3. The minimum absolute atomic E-state index is 0.431. The number of nitrogens with zero attached hydrogens (tertiary/aromatic N) is 1. The van der Waals surface area contributed by atoms with Gasteiger partial charge in [0.05, 0.1) is 6.73 Å². The average Bonchev–Trinajstić information content (AvgIpc) is 4.05. The van der Waals surface area contributed by atoms with Gasteiger partial charge in [-0.2, -0.15) is 0 Å². The van der Waals surface area contributed by atoms with Crippen LogP contribution < -0.4 is 0 Å². The number of rotatable bonds is 4. The summed E-state index contributed by atoms with van der Waals surface area (Å²) in [5.41, 5.74) is 10.8. The fourth-order valence-electron chi connectivity index (χ4n) is 26.0. The van der Waals surface area contributed by atoms with Crippen molar-refractivity contribution in [2.45, 2.75) is 78.2 Å². The Morgan fingerprint density at radius 3 is 1.96 bits per heavy atom. The Labute approximate surface area is 324 Å². The van der Waals surface area contributed by atoms with Crippen LogP contribution in [0, 0.1) is 159 Å². The van der Waals surface area contributed by atoms with Crippen LogP contribution >= 0.6 is 0 Å². The Balaban J connectivity index is 0.00000134. The number of fused-ring (bicyclic) bond motifs is 1. The first-order chi connectivity index (χ1) is 26.8. The number of ether oxygens (including phenoxy) is 1. The molecule has 2 heteroatoms. The van der Waals surface area contributed by atoms with Crippen molar-refractivity contribution < 1.29 is 4.74 Å². The van der Waals surface area contributed by atoms with E-state index < -0.39 is 0 Å². The average molecular weight is 718 g/mol. The monoisotopic (exact) mass is 717 g/mol. The highest BCUT2D eigenvalue weighted by atomic mass is 16.5. The van der Waals surface area contributed by atoms with Crippen molar-refractivity contribution in [3.63, 3.8) is 0 Å². The zero-order chi connectivity index (χ0) is 34.6. The van der Waals surface area contributed by atoms with Crippen LogP contribution in [0.4, 0.5) is 0 Å². The molecule has 1 heterocycles. The highest BCUT2D eigenvalue weighted by molar-refractivity contribution is 5.56. The van der Waals surface area contributed by atoms with Crippen LogP contribution in [0.1, 0.15) is 83.7 Å². The lowest BCUT2D eigenvalue weighted by molar-refractivity contribution is -0.149. The summed E-state index contributed by atoms with van der Waals surface area (Å²) in [5, 5.41) is 0. The van der Waals surface area contributed by atoms with Crippen molar-refractivity contribution in [3.05, 3.63) is 58.2 Å². The van der Waals surface area contributed by atoms with Gasteiger partial charge < -0.3 is 4.74 Å². The predicted octanol–water partition coefficient (Wildman–Crippen LogP) is 10.0. The molecule has 0 aromatic heterocycles. The quantitative estimate of drug-likeness (QED) is 0.288. The molecule has 17 aliphatic rings. The Hall–Kier alpha value is -1.38. The van der Waals surface area contributed by atoms with Gasteiger partial charge in [0, 0.05) is 36.4 Å². The molecule has 0 N–H and O–H groups in total. The molecular formula is C52H63NO. The summed E-state index contributed by atoms with van der Waals surface area (Å²) < 4.78 is 6.52. The van der Waals surface area contributed by atoms with E-state index in [0.717, 1.165) is 132 Å². The first-order valence-corrected chi connectivity index (χ1v) is 24.6. The summed E-state index contributed by atoms with van der Waals surface area (Å²) in [6.45, 7) is 9.22. The van der Waals surface area contributed by atoms with Crippen LogP contribution in [0.3, 0.4) is 0 Å². The van der Waals surface area contributed by atoms with Crippen molar-refractivity contribution >= 4 is 0 Å². The molecule has 16 aliphatic carbocycles. The highest BCUT2D eigenvalue weighted by Crippen LogP contribution is 2.93. The van der Waals surface area contributed by atoms with E-state index in [0.29, 0.717) is 11.5 Å². The van der Waals surface area contributed by atoms with Crippen LogP contribution in [-0.4, -0.2) is 24.8 Å². The third-order valence-corrected chi connectivity index (χ3v) is 24.5. The fourth-order valence-corrected chi connectivity index (χ4v) is 26.0. The molecule has 1 aromatic rings. The Kier molecular flexibility index (Phi) is 5.01. The van der Waals surface area contributed by atoms with E-state index in [1.54, 1.807) is 44.1 Å². The van der Waals surface area contributed by atoms with Gasteiger partial charge in [0.1, 0.15) is 0 Å². The lowest BCUT2D eigenvalue weighted by Gasteiger charge is -2.62. The maximum Gasteiger partial charge on any atom is 0.0995 e. The Morgan fingerprint density at radius 2 is 1.22 bits per heavy atom.